The van der Waals surface area contributed by atoms with Crippen LogP contribution in [-0.2, 0) is 18.3 Å². The van der Waals surface area contributed by atoms with Crippen LogP contribution in [0, 0.1) is 5.82 Å². The van der Waals surface area contributed by atoms with E-state index in [1.54, 1.807) is 6.07 Å². The zero-order valence-electron chi connectivity index (χ0n) is 14.7. The molecule has 1 aliphatic rings. The molecule has 0 spiro atoms. The molecular weight excluding hydrogens is 331 g/mol. The molecule has 0 unspecified atom stereocenters. The van der Waals surface area contributed by atoms with E-state index in [0.29, 0.717) is 6.61 Å². The second-order valence-corrected chi connectivity index (χ2v) is 6.57. The van der Waals surface area contributed by atoms with Gasteiger partial charge in [-0.2, -0.15) is 5.10 Å². The van der Waals surface area contributed by atoms with Gasteiger partial charge in [0.15, 0.2) is 0 Å². The van der Waals surface area contributed by atoms with Crippen molar-refractivity contribution < 1.29 is 9.13 Å². The summed E-state index contributed by atoms with van der Waals surface area (Å²) >= 11 is 0. The van der Waals surface area contributed by atoms with Crippen molar-refractivity contribution in [1.82, 2.24) is 19.7 Å². The average molecular weight is 352 g/mol. The van der Waals surface area contributed by atoms with Gasteiger partial charge in [-0.15, -0.1) is 0 Å². The third kappa shape index (κ3) is 3.81. The van der Waals surface area contributed by atoms with Crippen molar-refractivity contribution in [1.29, 1.82) is 0 Å². The number of hydrogen-bond acceptors (Lipinski definition) is 4. The van der Waals surface area contributed by atoms with Crippen LogP contribution in [0.4, 0.5) is 4.39 Å². The number of rotatable bonds is 4. The van der Waals surface area contributed by atoms with Gasteiger partial charge in [0, 0.05) is 44.0 Å². The molecule has 3 aromatic rings. The summed E-state index contributed by atoms with van der Waals surface area (Å²) in [6.45, 7) is 3.16. The fourth-order valence-electron chi connectivity index (χ4n) is 3.28. The van der Waals surface area contributed by atoms with Crippen LogP contribution in [0.5, 0.6) is 0 Å². The van der Waals surface area contributed by atoms with E-state index >= 15 is 0 Å². The first kappa shape index (κ1) is 16.9. The van der Waals surface area contributed by atoms with Gasteiger partial charge in [0.05, 0.1) is 24.2 Å². The Morgan fingerprint density at radius 2 is 2.12 bits per heavy atom. The molecule has 0 saturated carbocycles. The first-order valence-electron chi connectivity index (χ1n) is 8.72. The molecule has 0 bridgehead atoms. The number of pyridine rings is 1. The topological polar surface area (TPSA) is 43.2 Å². The molecule has 2 aromatic heterocycles. The highest BCUT2D eigenvalue weighted by Gasteiger charge is 2.23. The van der Waals surface area contributed by atoms with E-state index in [0.717, 1.165) is 36.6 Å². The third-order valence-corrected chi connectivity index (χ3v) is 4.54. The Balaban J connectivity index is 1.50. The van der Waals surface area contributed by atoms with Gasteiger partial charge in [-0.25, -0.2) is 4.39 Å². The highest BCUT2D eigenvalue weighted by Crippen LogP contribution is 2.25. The van der Waals surface area contributed by atoms with Gasteiger partial charge in [0.2, 0.25) is 0 Å². The molecule has 1 fully saturated rings. The number of morpholine rings is 1. The standard InChI is InChI=1S/C20H21FN4O/c1-24-12-15(11-22-24)13-25-8-9-26-20(14-25)19-7-3-6-18(23-19)16-4-2-5-17(21)10-16/h2-7,10-12,20H,8-9,13-14H2,1H3/t20-/m0/s1. The highest BCUT2D eigenvalue weighted by atomic mass is 19.1. The van der Waals surface area contributed by atoms with Crippen molar-refractivity contribution in [2.24, 2.45) is 7.05 Å². The van der Waals surface area contributed by atoms with Crippen molar-refractivity contribution in [3.8, 4) is 11.3 Å². The number of hydrogen-bond donors (Lipinski definition) is 0. The van der Waals surface area contributed by atoms with Crippen LogP contribution < -0.4 is 0 Å². The van der Waals surface area contributed by atoms with E-state index in [1.807, 2.05) is 48.4 Å². The number of aryl methyl sites for hydroxylation is 1. The lowest BCUT2D eigenvalue weighted by Gasteiger charge is -2.32. The van der Waals surface area contributed by atoms with E-state index in [1.165, 1.54) is 17.7 Å². The smallest absolute Gasteiger partial charge is 0.123 e. The van der Waals surface area contributed by atoms with Crippen molar-refractivity contribution >= 4 is 0 Å². The lowest BCUT2D eigenvalue weighted by molar-refractivity contribution is -0.0349. The summed E-state index contributed by atoms with van der Waals surface area (Å²) in [5, 5.41) is 4.23. The molecule has 1 aromatic carbocycles. The quantitative estimate of drug-likeness (QED) is 0.723. The van der Waals surface area contributed by atoms with Crippen LogP contribution in [0.25, 0.3) is 11.3 Å². The Hall–Kier alpha value is -2.57. The Morgan fingerprint density at radius 1 is 1.23 bits per heavy atom. The van der Waals surface area contributed by atoms with Crippen molar-refractivity contribution in [2.45, 2.75) is 12.6 Å². The number of benzene rings is 1. The fraction of sp³-hybridized carbons (Fsp3) is 0.300. The van der Waals surface area contributed by atoms with Crippen molar-refractivity contribution in [3.05, 3.63) is 71.9 Å². The molecule has 5 nitrogen and oxygen atoms in total. The second kappa shape index (κ2) is 7.35. The van der Waals surface area contributed by atoms with Crippen molar-refractivity contribution in [3.63, 3.8) is 0 Å². The first-order valence-corrected chi connectivity index (χ1v) is 8.72. The predicted octanol–water partition coefficient (Wildman–Crippen LogP) is 3.19. The molecule has 26 heavy (non-hydrogen) atoms. The van der Waals surface area contributed by atoms with Gasteiger partial charge in [-0.3, -0.25) is 14.6 Å². The molecule has 1 atom stereocenters. The van der Waals surface area contributed by atoms with Gasteiger partial charge >= 0.3 is 0 Å². The van der Waals surface area contributed by atoms with Gasteiger partial charge in [0.25, 0.3) is 0 Å². The lowest BCUT2D eigenvalue weighted by atomic mass is 10.1. The minimum atomic E-state index is -0.258. The normalized spacial score (nSPS) is 18.2. The minimum absolute atomic E-state index is 0.0890. The monoisotopic (exact) mass is 352 g/mol. The number of halogens is 1. The fourth-order valence-corrected chi connectivity index (χ4v) is 3.28. The van der Waals surface area contributed by atoms with E-state index in [4.69, 9.17) is 9.72 Å². The molecule has 6 heteroatoms. The number of nitrogens with zero attached hydrogens (tertiary/aromatic N) is 4. The third-order valence-electron chi connectivity index (χ3n) is 4.54. The maximum Gasteiger partial charge on any atom is 0.123 e. The van der Waals surface area contributed by atoms with Crippen LogP contribution >= 0.6 is 0 Å². The summed E-state index contributed by atoms with van der Waals surface area (Å²) < 4.78 is 21.3. The van der Waals surface area contributed by atoms with Crippen LogP contribution in [0.1, 0.15) is 17.4 Å². The Kier molecular flexibility index (Phi) is 4.77. The second-order valence-electron chi connectivity index (χ2n) is 6.57. The van der Waals surface area contributed by atoms with E-state index < -0.39 is 0 Å². The summed E-state index contributed by atoms with van der Waals surface area (Å²) in [5.74, 6) is -0.258. The summed E-state index contributed by atoms with van der Waals surface area (Å²) in [4.78, 5) is 7.07. The Morgan fingerprint density at radius 3 is 2.92 bits per heavy atom. The van der Waals surface area contributed by atoms with Crippen LogP contribution in [0.3, 0.4) is 0 Å². The molecule has 1 aliphatic heterocycles. The number of aromatic nitrogens is 3. The molecule has 3 heterocycles. The summed E-state index contributed by atoms with van der Waals surface area (Å²) in [7, 11) is 1.92. The highest BCUT2D eigenvalue weighted by molar-refractivity contribution is 5.59. The number of ether oxygens (including phenoxy) is 1. The summed E-state index contributed by atoms with van der Waals surface area (Å²) in [6.07, 6.45) is 3.84. The Bertz CT molecular complexity index is 895. The molecular formula is C20H21FN4O. The van der Waals surface area contributed by atoms with Crippen LogP contribution in [-0.4, -0.2) is 39.4 Å². The average Bonchev–Trinajstić information content (AvgIpc) is 3.07. The van der Waals surface area contributed by atoms with Crippen molar-refractivity contribution in [2.75, 3.05) is 19.7 Å². The molecule has 0 N–H and O–H groups in total. The Labute approximate surface area is 152 Å². The van der Waals surface area contributed by atoms with Crippen LogP contribution in [0.15, 0.2) is 54.9 Å². The molecule has 0 radical (unpaired) electrons. The molecule has 0 amide bonds. The molecule has 134 valence electrons. The van der Waals surface area contributed by atoms with E-state index in [-0.39, 0.29) is 11.9 Å². The lowest BCUT2D eigenvalue weighted by Crippen LogP contribution is -2.38. The zero-order chi connectivity index (χ0) is 17.9. The van der Waals surface area contributed by atoms with Gasteiger partial charge < -0.3 is 4.74 Å². The minimum Gasteiger partial charge on any atom is -0.369 e. The SMILES string of the molecule is Cn1cc(CN2CCO[C@H](c3cccc(-c4cccc(F)c4)n3)C2)cn1. The van der Waals surface area contributed by atoms with Gasteiger partial charge in [-0.05, 0) is 24.3 Å². The largest absolute Gasteiger partial charge is 0.369 e. The maximum atomic E-state index is 13.5. The predicted molar refractivity (Wildman–Crippen MR) is 96.8 cm³/mol. The summed E-state index contributed by atoms with van der Waals surface area (Å²) in [5.41, 5.74) is 3.60. The molecule has 4 rings (SSSR count). The summed E-state index contributed by atoms with van der Waals surface area (Å²) in [6, 6.07) is 12.3. The van der Waals surface area contributed by atoms with Crippen LogP contribution in [0.2, 0.25) is 0 Å². The molecule has 1 saturated heterocycles. The first-order chi connectivity index (χ1) is 12.7. The van der Waals surface area contributed by atoms with E-state index in [9.17, 15) is 4.39 Å². The van der Waals surface area contributed by atoms with Gasteiger partial charge in [0.1, 0.15) is 11.9 Å². The maximum absolute atomic E-state index is 13.5. The van der Waals surface area contributed by atoms with Gasteiger partial charge in [-0.1, -0.05) is 18.2 Å². The van der Waals surface area contributed by atoms with E-state index in [2.05, 4.69) is 10.00 Å². The zero-order valence-corrected chi connectivity index (χ0v) is 14.7. The molecule has 0 aliphatic carbocycles.